The van der Waals surface area contributed by atoms with Crippen LogP contribution in [0.4, 0.5) is 5.69 Å². The van der Waals surface area contributed by atoms with Crippen LogP contribution in [0.25, 0.3) is 0 Å². The lowest BCUT2D eigenvalue weighted by Crippen LogP contribution is -2.07. The zero-order valence-corrected chi connectivity index (χ0v) is 11.3. The predicted molar refractivity (Wildman–Crippen MR) is 70.9 cm³/mol. The molecule has 1 rings (SSSR count). The second kappa shape index (κ2) is 5.80. The molecule has 0 aromatic heterocycles. The van der Waals surface area contributed by atoms with Gasteiger partial charge < -0.3 is 5.73 Å². The van der Waals surface area contributed by atoms with Crippen LogP contribution in [0.15, 0.2) is 23.1 Å². The Balaban J connectivity index is 2.86. The van der Waals surface area contributed by atoms with Gasteiger partial charge in [-0.2, -0.15) is 11.8 Å². The fourth-order valence-corrected chi connectivity index (χ4v) is 3.41. The van der Waals surface area contributed by atoms with Crippen molar-refractivity contribution in [3.63, 3.8) is 0 Å². The highest BCUT2D eigenvalue weighted by Gasteiger charge is 2.14. The molecule has 0 atom stereocenters. The van der Waals surface area contributed by atoms with Gasteiger partial charge >= 0.3 is 0 Å². The molecule has 0 saturated heterocycles. The number of halogens is 1. The molecule has 0 aliphatic carbocycles. The van der Waals surface area contributed by atoms with Crippen molar-refractivity contribution in [2.75, 3.05) is 23.5 Å². The van der Waals surface area contributed by atoms with E-state index in [0.717, 1.165) is 5.75 Å². The van der Waals surface area contributed by atoms with Crippen molar-refractivity contribution in [2.45, 2.75) is 11.3 Å². The molecule has 3 nitrogen and oxygen atoms in total. The number of rotatable bonds is 5. The first-order valence-electron chi connectivity index (χ1n) is 4.74. The summed E-state index contributed by atoms with van der Waals surface area (Å²) in [4.78, 5) is 0.243. The Kier molecular flexibility index (Phi) is 4.95. The van der Waals surface area contributed by atoms with Gasteiger partial charge in [0.15, 0.2) is 9.84 Å². The van der Waals surface area contributed by atoms with Crippen molar-refractivity contribution < 1.29 is 8.42 Å². The number of nitrogens with two attached hydrogens (primary N) is 1. The number of benzene rings is 1. The zero-order valence-electron chi connectivity index (χ0n) is 8.94. The molecule has 0 spiro atoms. The summed E-state index contributed by atoms with van der Waals surface area (Å²) in [7, 11) is -3.23. The number of thioether (sulfide) groups is 1. The standard InChI is InChI=1S/C10H14ClNO2S2/c1-15-5-2-6-16(13,14)8-3-4-10(12)9(11)7-8/h3-4,7H,2,5-6,12H2,1H3. The first-order chi connectivity index (χ1) is 7.47. The number of anilines is 1. The molecular weight excluding hydrogens is 266 g/mol. The lowest BCUT2D eigenvalue weighted by atomic mass is 10.3. The Labute approximate surface area is 105 Å². The summed E-state index contributed by atoms with van der Waals surface area (Å²) in [5.41, 5.74) is 5.92. The van der Waals surface area contributed by atoms with E-state index in [-0.39, 0.29) is 15.7 Å². The molecule has 0 unspecified atom stereocenters. The maximum atomic E-state index is 11.9. The molecular formula is C10H14ClNO2S2. The Morgan fingerprint density at radius 2 is 2.12 bits per heavy atom. The average molecular weight is 280 g/mol. The highest BCUT2D eigenvalue weighted by atomic mass is 35.5. The van der Waals surface area contributed by atoms with Gasteiger partial charge in [-0.25, -0.2) is 8.42 Å². The van der Waals surface area contributed by atoms with Crippen molar-refractivity contribution in [2.24, 2.45) is 0 Å². The van der Waals surface area contributed by atoms with Gasteiger partial charge in [-0.15, -0.1) is 0 Å². The quantitative estimate of drug-likeness (QED) is 0.664. The van der Waals surface area contributed by atoms with Crippen LogP contribution in [0, 0.1) is 0 Å². The maximum Gasteiger partial charge on any atom is 0.178 e. The van der Waals surface area contributed by atoms with Crippen molar-refractivity contribution in [1.29, 1.82) is 0 Å². The molecule has 0 saturated carbocycles. The SMILES string of the molecule is CSCCCS(=O)(=O)c1ccc(N)c(Cl)c1. The fraction of sp³-hybridized carbons (Fsp3) is 0.400. The summed E-state index contributed by atoms with van der Waals surface area (Å²) in [5, 5.41) is 0.283. The highest BCUT2D eigenvalue weighted by Crippen LogP contribution is 2.23. The van der Waals surface area contributed by atoms with Crippen molar-refractivity contribution in [3.8, 4) is 0 Å². The van der Waals surface area contributed by atoms with Crippen LogP contribution in [0.5, 0.6) is 0 Å². The average Bonchev–Trinajstić information content (AvgIpc) is 2.22. The van der Waals surface area contributed by atoms with E-state index >= 15 is 0 Å². The summed E-state index contributed by atoms with van der Waals surface area (Å²) < 4.78 is 23.7. The van der Waals surface area contributed by atoms with Crippen molar-refractivity contribution >= 4 is 38.9 Å². The summed E-state index contributed by atoms with van der Waals surface area (Å²) in [6.45, 7) is 0. The van der Waals surface area contributed by atoms with E-state index in [1.807, 2.05) is 6.26 Å². The van der Waals surface area contributed by atoms with Crippen molar-refractivity contribution in [3.05, 3.63) is 23.2 Å². The van der Waals surface area contributed by atoms with E-state index in [9.17, 15) is 8.42 Å². The Morgan fingerprint density at radius 1 is 1.44 bits per heavy atom. The summed E-state index contributed by atoms with van der Waals surface area (Å²) in [6.07, 6.45) is 2.60. The van der Waals surface area contributed by atoms with E-state index in [1.54, 1.807) is 11.8 Å². The second-order valence-corrected chi connectivity index (χ2v) is 6.85. The molecule has 6 heteroatoms. The van der Waals surface area contributed by atoms with Crippen LogP contribution in [-0.4, -0.2) is 26.2 Å². The summed E-state index contributed by atoms with van der Waals surface area (Å²) >= 11 is 7.42. The zero-order chi connectivity index (χ0) is 12.2. The molecule has 0 bridgehead atoms. The third-order valence-corrected chi connectivity index (χ3v) is 4.92. The molecule has 90 valence electrons. The van der Waals surface area contributed by atoms with Crippen LogP contribution in [-0.2, 0) is 9.84 Å². The minimum absolute atomic E-state index is 0.147. The third kappa shape index (κ3) is 3.57. The monoisotopic (exact) mass is 279 g/mol. The first kappa shape index (κ1) is 13.7. The molecule has 0 aliphatic rings. The highest BCUT2D eigenvalue weighted by molar-refractivity contribution is 7.98. The number of hydrogen-bond acceptors (Lipinski definition) is 4. The van der Waals surface area contributed by atoms with Crippen LogP contribution < -0.4 is 5.73 Å². The molecule has 1 aromatic rings. The summed E-state index contributed by atoms with van der Waals surface area (Å²) in [6, 6.07) is 4.42. The number of sulfone groups is 1. The Bertz CT molecular complexity index is 460. The van der Waals surface area contributed by atoms with Crippen LogP contribution in [0.3, 0.4) is 0 Å². The number of hydrogen-bond donors (Lipinski definition) is 1. The van der Waals surface area contributed by atoms with Gasteiger partial charge in [-0.3, -0.25) is 0 Å². The molecule has 0 aliphatic heterocycles. The van der Waals surface area contributed by atoms with Crippen molar-refractivity contribution in [1.82, 2.24) is 0 Å². The smallest absolute Gasteiger partial charge is 0.178 e. The van der Waals surface area contributed by atoms with Gasteiger partial charge in [0.05, 0.1) is 21.4 Å². The molecule has 0 fully saturated rings. The van der Waals surface area contributed by atoms with Gasteiger partial charge in [-0.05, 0) is 36.6 Å². The van der Waals surface area contributed by atoms with Crippen LogP contribution in [0.1, 0.15) is 6.42 Å². The van der Waals surface area contributed by atoms with Gasteiger partial charge in [0.25, 0.3) is 0 Å². The Morgan fingerprint density at radius 3 is 2.69 bits per heavy atom. The van der Waals surface area contributed by atoms with Gasteiger partial charge in [0.1, 0.15) is 0 Å². The van der Waals surface area contributed by atoms with E-state index in [4.69, 9.17) is 17.3 Å². The normalized spacial score (nSPS) is 11.6. The molecule has 0 amide bonds. The van der Waals surface area contributed by atoms with Crippen LogP contribution >= 0.6 is 23.4 Å². The third-order valence-electron chi connectivity index (χ3n) is 2.09. The molecule has 16 heavy (non-hydrogen) atoms. The largest absolute Gasteiger partial charge is 0.398 e. The minimum atomic E-state index is -3.23. The lowest BCUT2D eigenvalue weighted by Gasteiger charge is -2.05. The molecule has 1 aromatic carbocycles. The second-order valence-electron chi connectivity index (χ2n) is 3.35. The van der Waals surface area contributed by atoms with E-state index in [2.05, 4.69) is 0 Å². The van der Waals surface area contributed by atoms with E-state index < -0.39 is 9.84 Å². The fourth-order valence-electron chi connectivity index (χ4n) is 1.21. The van der Waals surface area contributed by atoms with Gasteiger partial charge in [0.2, 0.25) is 0 Å². The Hall–Kier alpha value is -0.390. The topological polar surface area (TPSA) is 60.2 Å². The molecule has 2 N–H and O–H groups in total. The predicted octanol–water partition coefficient (Wildman–Crippen LogP) is 2.45. The van der Waals surface area contributed by atoms with Gasteiger partial charge in [-0.1, -0.05) is 11.6 Å². The molecule has 0 radical (unpaired) electrons. The molecule has 0 heterocycles. The van der Waals surface area contributed by atoms with E-state index in [0.29, 0.717) is 12.1 Å². The maximum absolute atomic E-state index is 11.9. The van der Waals surface area contributed by atoms with Gasteiger partial charge in [0, 0.05) is 0 Å². The van der Waals surface area contributed by atoms with Crippen LogP contribution in [0.2, 0.25) is 5.02 Å². The number of nitrogen functional groups attached to an aromatic ring is 1. The summed E-state index contributed by atoms with van der Waals surface area (Å²) in [5.74, 6) is 0.982. The lowest BCUT2D eigenvalue weighted by molar-refractivity contribution is 0.595. The first-order valence-corrected chi connectivity index (χ1v) is 8.16. The minimum Gasteiger partial charge on any atom is -0.398 e. The van der Waals surface area contributed by atoms with E-state index in [1.165, 1.54) is 18.2 Å².